The van der Waals surface area contributed by atoms with Crippen LogP contribution < -0.4 is 0 Å². The number of benzene rings is 1. The Hall–Kier alpha value is -2.63. The van der Waals surface area contributed by atoms with E-state index in [0.29, 0.717) is 24.2 Å². The first-order valence-corrected chi connectivity index (χ1v) is 7.04. The summed E-state index contributed by atoms with van der Waals surface area (Å²) in [5, 5.41) is 13.4. The van der Waals surface area contributed by atoms with Gasteiger partial charge in [-0.2, -0.15) is 0 Å². The van der Waals surface area contributed by atoms with Crippen LogP contribution in [0.4, 0.5) is 0 Å². The normalized spacial score (nSPS) is 21.0. The molecule has 1 fully saturated rings. The van der Waals surface area contributed by atoms with Crippen LogP contribution in [0.15, 0.2) is 40.9 Å². The van der Waals surface area contributed by atoms with Crippen LogP contribution in [0.25, 0.3) is 0 Å². The topological polar surface area (TPSA) is 83.6 Å². The number of aryl methyl sites for hydroxylation is 1. The molecule has 1 aromatic heterocycles. The van der Waals surface area contributed by atoms with Crippen molar-refractivity contribution in [2.24, 2.45) is 0 Å². The minimum Gasteiger partial charge on any atom is -0.481 e. The first kappa shape index (κ1) is 14.3. The summed E-state index contributed by atoms with van der Waals surface area (Å²) >= 11 is 0. The number of aromatic nitrogens is 1. The predicted molar refractivity (Wildman–Crippen MR) is 77.5 cm³/mol. The van der Waals surface area contributed by atoms with Gasteiger partial charge in [0.15, 0.2) is 0 Å². The van der Waals surface area contributed by atoms with Crippen LogP contribution in [0.1, 0.15) is 28.2 Å². The number of rotatable bonds is 3. The number of carboxylic acids is 1. The number of aliphatic carboxylic acids is 1. The third-order valence-electron chi connectivity index (χ3n) is 4.13. The fourth-order valence-electron chi connectivity index (χ4n) is 2.89. The van der Waals surface area contributed by atoms with Gasteiger partial charge in [0, 0.05) is 19.2 Å². The van der Waals surface area contributed by atoms with Crippen LogP contribution in [0.3, 0.4) is 0 Å². The predicted octanol–water partition coefficient (Wildman–Crippen LogP) is 1.85. The van der Waals surface area contributed by atoms with Crippen molar-refractivity contribution >= 4 is 11.9 Å². The zero-order valence-corrected chi connectivity index (χ0v) is 12.2. The van der Waals surface area contributed by atoms with Crippen LogP contribution in [-0.2, 0) is 10.2 Å². The maximum Gasteiger partial charge on any atom is 0.316 e. The fraction of sp³-hybridized carbons (Fsp3) is 0.312. The second-order valence-corrected chi connectivity index (χ2v) is 5.56. The van der Waals surface area contributed by atoms with E-state index in [0.717, 1.165) is 0 Å². The van der Waals surface area contributed by atoms with E-state index < -0.39 is 11.4 Å². The van der Waals surface area contributed by atoms with Gasteiger partial charge in [-0.15, -0.1) is 0 Å². The summed E-state index contributed by atoms with van der Waals surface area (Å²) in [7, 11) is 0. The molecule has 0 radical (unpaired) electrons. The highest BCUT2D eigenvalue weighted by Gasteiger charge is 2.48. The zero-order chi connectivity index (χ0) is 15.7. The van der Waals surface area contributed by atoms with Crippen molar-refractivity contribution < 1.29 is 19.2 Å². The number of likely N-dealkylation sites (tertiary alicyclic amines) is 1. The molecule has 0 bridgehead atoms. The highest BCUT2D eigenvalue weighted by atomic mass is 16.5. The lowest BCUT2D eigenvalue weighted by Gasteiger charge is -2.25. The molecule has 0 spiro atoms. The average molecular weight is 300 g/mol. The van der Waals surface area contributed by atoms with Gasteiger partial charge in [0.1, 0.15) is 5.41 Å². The van der Waals surface area contributed by atoms with Crippen molar-refractivity contribution in [2.75, 3.05) is 13.1 Å². The number of nitrogens with zero attached hydrogens (tertiary/aromatic N) is 2. The largest absolute Gasteiger partial charge is 0.481 e. The van der Waals surface area contributed by atoms with E-state index in [1.54, 1.807) is 25.1 Å². The van der Waals surface area contributed by atoms with Crippen LogP contribution in [0.5, 0.6) is 0 Å². The fourth-order valence-corrected chi connectivity index (χ4v) is 2.89. The molecule has 1 aliphatic heterocycles. The Morgan fingerprint density at radius 2 is 2.05 bits per heavy atom. The molecular formula is C16H16N2O4. The molecule has 6 nitrogen and oxygen atoms in total. The average Bonchev–Trinajstić information content (AvgIpc) is 3.15. The first-order chi connectivity index (χ1) is 10.5. The minimum absolute atomic E-state index is 0.130. The lowest BCUT2D eigenvalue weighted by atomic mass is 9.80. The van der Waals surface area contributed by atoms with Crippen LogP contribution in [0, 0.1) is 6.92 Å². The molecule has 3 rings (SSSR count). The van der Waals surface area contributed by atoms with Crippen molar-refractivity contribution in [1.29, 1.82) is 0 Å². The van der Waals surface area contributed by atoms with Gasteiger partial charge in [-0.1, -0.05) is 35.5 Å². The van der Waals surface area contributed by atoms with Gasteiger partial charge in [0.25, 0.3) is 5.91 Å². The van der Waals surface area contributed by atoms with Gasteiger partial charge in [0.2, 0.25) is 5.76 Å². The van der Waals surface area contributed by atoms with Crippen LogP contribution in [0.2, 0.25) is 0 Å². The molecule has 1 aromatic carbocycles. The van der Waals surface area contributed by atoms with Crippen molar-refractivity contribution in [3.05, 3.63) is 53.4 Å². The van der Waals surface area contributed by atoms with E-state index in [4.69, 9.17) is 4.52 Å². The van der Waals surface area contributed by atoms with Gasteiger partial charge in [-0.3, -0.25) is 9.59 Å². The second-order valence-electron chi connectivity index (χ2n) is 5.56. The van der Waals surface area contributed by atoms with Crippen LogP contribution in [-0.4, -0.2) is 40.1 Å². The SMILES string of the molecule is Cc1cc(C(=O)N2CCC(C(=O)O)(c3ccccc3)C2)on1. The number of amides is 1. The molecule has 1 amide bonds. The van der Waals surface area contributed by atoms with E-state index in [9.17, 15) is 14.7 Å². The number of carboxylic acid groups (broad SMARTS) is 1. The molecule has 1 aliphatic rings. The van der Waals surface area contributed by atoms with Crippen molar-refractivity contribution in [1.82, 2.24) is 10.1 Å². The Kier molecular flexibility index (Phi) is 3.44. The molecular weight excluding hydrogens is 284 g/mol. The second kappa shape index (κ2) is 5.29. The Labute approximate surface area is 127 Å². The molecule has 114 valence electrons. The maximum atomic E-state index is 12.4. The van der Waals surface area contributed by atoms with Gasteiger partial charge < -0.3 is 14.5 Å². The molecule has 0 saturated carbocycles. The molecule has 1 unspecified atom stereocenters. The standard InChI is InChI=1S/C16H16N2O4/c1-11-9-13(22-17-11)14(19)18-8-7-16(10-18,15(20)21)12-5-3-2-4-6-12/h2-6,9H,7-8,10H2,1H3,(H,20,21). The minimum atomic E-state index is -1.06. The van der Waals surface area contributed by atoms with Crippen molar-refractivity contribution in [2.45, 2.75) is 18.8 Å². The molecule has 2 aromatic rings. The summed E-state index contributed by atoms with van der Waals surface area (Å²) in [6.07, 6.45) is 0.380. The van der Waals surface area contributed by atoms with Gasteiger partial charge in [-0.05, 0) is 18.9 Å². The molecule has 1 saturated heterocycles. The number of hydrogen-bond acceptors (Lipinski definition) is 4. The molecule has 6 heteroatoms. The lowest BCUT2D eigenvalue weighted by Crippen LogP contribution is -2.40. The summed E-state index contributed by atoms with van der Waals surface area (Å²) in [5.41, 5.74) is 0.271. The first-order valence-electron chi connectivity index (χ1n) is 7.04. The van der Waals surface area contributed by atoms with Gasteiger partial charge in [0.05, 0.1) is 5.69 Å². The smallest absolute Gasteiger partial charge is 0.316 e. The lowest BCUT2D eigenvalue weighted by molar-refractivity contribution is -0.143. The summed E-state index contributed by atoms with van der Waals surface area (Å²) < 4.78 is 4.98. The summed E-state index contributed by atoms with van der Waals surface area (Å²) in [4.78, 5) is 25.8. The quantitative estimate of drug-likeness (QED) is 0.935. The van der Waals surface area contributed by atoms with E-state index in [-0.39, 0.29) is 18.2 Å². The van der Waals surface area contributed by atoms with E-state index in [2.05, 4.69) is 5.16 Å². The number of hydrogen-bond donors (Lipinski definition) is 1. The summed E-state index contributed by atoms with van der Waals surface area (Å²) in [5.74, 6) is -1.09. The number of carbonyl (C=O) groups excluding carboxylic acids is 1. The van der Waals surface area contributed by atoms with Crippen LogP contribution >= 0.6 is 0 Å². The van der Waals surface area contributed by atoms with Crippen molar-refractivity contribution in [3.8, 4) is 0 Å². The molecule has 1 atom stereocenters. The highest BCUT2D eigenvalue weighted by molar-refractivity contribution is 5.93. The van der Waals surface area contributed by atoms with Gasteiger partial charge in [-0.25, -0.2) is 0 Å². The highest BCUT2D eigenvalue weighted by Crippen LogP contribution is 2.35. The summed E-state index contributed by atoms with van der Waals surface area (Å²) in [6.45, 7) is 2.24. The molecule has 1 N–H and O–H groups in total. The maximum absolute atomic E-state index is 12.4. The number of carbonyl (C=O) groups is 2. The van der Waals surface area contributed by atoms with E-state index in [1.807, 2.05) is 18.2 Å². The Morgan fingerprint density at radius 1 is 1.32 bits per heavy atom. The summed E-state index contributed by atoms with van der Waals surface area (Å²) in [6, 6.07) is 10.6. The van der Waals surface area contributed by atoms with Crippen molar-refractivity contribution in [3.63, 3.8) is 0 Å². The van der Waals surface area contributed by atoms with Gasteiger partial charge >= 0.3 is 5.97 Å². The van der Waals surface area contributed by atoms with E-state index in [1.165, 1.54) is 4.90 Å². The third kappa shape index (κ3) is 2.26. The molecule has 22 heavy (non-hydrogen) atoms. The Balaban J connectivity index is 1.88. The Morgan fingerprint density at radius 3 is 2.64 bits per heavy atom. The molecule has 0 aliphatic carbocycles. The monoisotopic (exact) mass is 300 g/mol. The van der Waals surface area contributed by atoms with E-state index >= 15 is 0 Å². The Bertz CT molecular complexity index is 710. The molecule has 2 heterocycles. The zero-order valence-electron chi connectivity index (χ0n) is 12.2. The third-order valence-corrected chi connectivity index (χ3v) is 4.13.